The Labute approximate surface area is 53.6 Å². The van der Waals surface area contributed by atoms with Gasteiger partial charge in [-0.05, 0) is 6.92 Å². The summed E-state index contributed by atoms with van der Waals surface area (Å²) in [6.07, 6.45) is 0.734. The molecule has 3 heteroatoms. The number of aliphatic hydroxyl groups excluding tert-OH is 1. The fourth-order valence-electron chi connectivity index (χ4n) is 0.802. The number of hydrogen-bond donors (Lipinski definition) is 1. The Balaban J connectivity index is 2.12. The van der Waals surface area contributed by atoms with Gasteiger partial charge in [0.1, 0.15) is 6.10 Å². The first-order chi connectivity index (χ1) is 4.24. The Bertz CT molecular complexity index is 111. The van der Waals surface area contributed by atoms with E-state index in [0.717, 1.165) is 6.29 Å². The van der Waals surface area contributed by atoms with E-state index >= 15 is 0 Å². The van der Waals surface area contributed by atoms with Gasteiger partial charge in [0.25, 0.3) is 0 Å². The van der Waals surface area contributed by atoms with Gasteiger partial charge in [-0.2, -0.15) is 0 Å². The summed E-state index contributed by atoms with van der Waals surface area (Å²) in [6.45, 7) is 1.68. The first kappa shape index (κ1) is 6.71. The molecule has 0 aromatic rings. The van der Waals surface area contributed by atoms with E-state index in [1.807, 2.05) is 0 Å². The number of ether oxygens (including phenoxy) is 1. The van der Waals surface area contributed by atoms with Crippen LogP contribution in [-0.4, -0.2) is 29.7 Å². The van der Waals surface area contributed by atoms with Crippen LogP contribution in [0.5, 0.6) is 0 Å². The van der Waals surface area contributed by atoms with Crippen molar-refractivity contribution in [1.29, 1.82) is 0 Å². The van der Waals surface area contributed by atoms with Gasteiger partial charge in [-0.15, -0.1) is 0 Å². The summed E-state index contributed by atoms with van der Waals surface area (Å²) < 4.78 is 4.85. The average Bonchev–Trinajstić information content (AvgIpc) is 2.45. The average molecular weight is 130 g/mol. The van der Waals surface area contributed by atoms with Crippen LogP contribution in [0.3, 0.4) is 0 Å². The van der Waals surface area contributed by atoms with Crippen molar-refractivity contribution in [3.63, 3.8) is 0 Å². The minimum Gasteiger partial charge on any atom is -0.393 e. The van der Waals surface area contributed by atoms with Crippen molar-refractivity contribution in [1.82, 2.24) is 0 Å². The molecule has 9 heavy (non-hydrogen) atoms. The number of epoxide rings is 1. The second-order valence-corrected chi connectivity index (χ2v) is 2.36. The van der Waals surface area contributed by atoms with Crippen molar-refractivity contribution in [2.24, 2.45) is 0 Å². The van der Waals surface area contributed by atoms with E-state index in [1.54, 1.807) is 6.92 Å². The van der Waals surface area contributed by atoms with Crippen molar-refractivity contribution in [2.75, 3.05) is 0 Å². The van der Waals surface area contributed by atoms with Gasteiger partial charge in [-0.25, -0.2) is 0 Å². The van der Waals surface area contributed by atoms with Gasteiger partial charge in [-0.3, -0.25) is 0 Å². The third-order valence-electron chi connectivity index (χ3n) is 1.33. The minimum absolute atomic E-state index is 0.0116. The molecule has 1 fully saturated rings. The van der Waals surface area contributed by atoms with Crippen molar-refractivity contribution < 1.29 is 14.6 Å². The van der Waals surface area contributed by atoms with Gasteiger partial charge in [0.15, 0.2) is 6.29 Å². The van der Waals surface area contributed by atoms with E-state index in [9.17, 15) is 4.79 Å². The monoisotopic (exact) mass is 130 g/mol. The quantitative estimate of drug-likeness (QED) is 0.422. The maximum Gasteiger partial charge on any atom is 0.151 e. The van der Waals surface area contributed by atoms with Crippen LogP contribution >= 0.6 is 0 Å². The number of aldehydes is 1. The molecule has 1 saturated heterocycles. The lowest BCUT2D eigenvalue weighted by Crippen LogP contribution is -2.06. The molecule has 1 heterocycles. The van der Waals surface area contributed by atoms with Crippen LogP contribution in [0.15, 0.2) is 0 Å². The second kappa shape index (κ2) is 2.45. The topological polar surface area (TPSA) is 49.8 Å². The standard InChI is InChI=1S/C6H10O3/c1-4(8)2-5-6(3-7)9-5/h3-6,8H,2H2,1H3/t4-,5+,6-/m1/s1. The zero-order valence-electron chi connectivity index (χ0n) is 5.28. The summed E-state index contributed by atoms with van der Waals surface area (Å²) in [5, 5.41) is 8.78. The number of aliphatic hydroxyl groups is 1. The van der Waals surface area contributed by atoms with Gasteiger partial charge in [0.05, 0.1) is 12.2 Å². The van der Waals surface area contributed by atoms with Gasteiger partial charge in [0, 0.05) is 6.42 Å². The third kappa shape index (κ3) is 1.77. The van der Waals surface area contributed by atoms with Crippen LogP contribution in [-0.2, 0) is 9.53 Å². The molecule has 52 valence electrons. The third-order valence-corrected chi connectivity index (χ3v) is 1.33. The summed E-state index contributed by atoms with van der Waals surface area (Å²) in [5.41, 5.74) is 0. The molecule has 0 aromatic carbocycles. The predicted molar refractivity (Wildman–Crippen MR) is 31.0 cm³/mol. The second-order valence-electron chi connectivity index (χ2n) is 2.36. The van der Waals surface area contributed by atoms with Crippen molar-refractivity contribution in [3.8, 4) is 0 Å². The first-order valence-corrected chi connectivity index (χ1v) is 3.03. The normalized spacial score (nSPS) is 35.8. The van der Waals surface area contributed by atoms with Gasteiger partial charge in [-0.1, -0.05) is 0 Å². The van der Waals surface area contributed by atoms with Crippen LogP contribution in [0.1, 0.15) is 13.3 Å². The molecule has 1 rings (SSSR count). The first-order valence-electron chi connectivity index (χ1n) is 3.03. The Kier molecular flexibility index (Phi) is 1.83. The molecular formula is C6H10O3. The van der Waals surface area contributed by atoms with Crippen molar-refractivity contribution >= 4 is 6.29 Å². The molecule has 0 unspecified atom stereocenters. The maximum atomic E-state index is 9.95. The Morgan fingerprint density at radius 1 is 1.89 bits per heavy atom. The van der Waals surface area contributed by atoms with Gasteiger partial charge < -0.3 is 14.6 Å². The fraction of sp³-hybridized carbons (Fsp3) is 0.833. The Hall–Kier alpha value is -0.410. The van der Waals surface area contributed by atoms with E-state index in [0.29, 0.717) is 6.42 Å². The minimum atomic E-state index is -0.361. The molecule has 1 aliphatic rings. The molecule has 0 radical (unpaired) electrons. The van der Waals surface area contributed by atoms with Crippen LogP contribution in [0.2, 0.25) is 0 Å². The fourth-order valence-corrected chi connectivity index (χ4v) is 0.802. The molecule has 1 aliphatic heterocycles. The highest BCUT2D eigenvalue weighted by atomic mass is 16.6. The lowest BCUT2D eigenvalue weighted by molar-refractivity contribution is -0.108. The summed E-state index contributed by atoms with van der Waals surface area (Å²) in [5.74, 6) is 0. The maximum absolute atomic E-state index is 9.95. The van der Waals surface area contributed by atoms with Crippen LogP contribution in [0, 0.1) is 0 Å². The SMILES string of the molecule is C[C@@H](O)C[C@@H]1O[C@@H]1C=O. The molecule has 0 spiro atoms. The molecule has 0 saturated carbocycles. The molecule has 0 aliphatic carbocycles. The summed E-state index contributed by atoms with van der Waals surface area (Å²) in [4.78, 5) is 9.95. The lowest BCUT2D eigenvalue weighted by Gasteiger charge is -1.96. The highest BCUT2D eigenvalue weighted by Gasteiger charge is 2.38. The van der Waals surface area contributed by atoms with E-state index in [2.05, 4.69) is 0 Å². The van der Waals surface area contributed by atoms with Crippen molar-refractivity contribution in [3.05, 3.63) is 0 Å². The number of rotatable bonds is 3. The van der Waals surface area contributed by atoms with E-state index in [1.165, 1.54) is 0 Å². The molecule has 0 aromatic heterocycles. The van der Waals surface area contributed by atoms with E-state index in [4.69, 9.17) is 9.84 Å². The largest absolute Gasteiger partial charge is 0.393 e. The van der Waals surface area contributed by atoms with Gasteiger partial charge in [0.2, 0.25) is 0 Å². The molecule has 0 bridgehead atoms. The Morgan fingerprint density at radius 2 is 2.56 bits per heavy atom. The molecule has 0 amide bonds. The summed E-state index contributed by atoms with van der Waals surface area (Å²) in [7, 11) is 0. The molecular weight excluding hydrogens is 120 g/mol. The smallest absolute Gasteiger partial charge is 0.151 e. The number of hydrogen-bond acceptors (Lipinski definition) is 3. The zero-order chi connectivity index (χ0) is 6.85. The highest BCUT2D eigenvalue weighted by molar-refractivity contribution is 5.60. The molecule has 3 atom stereocenters. The number of carbonyl (C=O) groups is 1. The highest BCUT2D eigenvalue weighted by Crippen LogP contribution is 2.24. The molecule has 1 N–H and O–H groups in total. The van der Waals surface area contributed by atoms with Crippen LogP contribution < -0.4 is 0 Å². The number of carbonyl (C=O) groups excluding carboxylic acids is 1. The zero-order valence-corrected chi connectivity index (χ0v) is 5.28. The van der Waals surface area contributed by atoms with E-state index in [-0.39, 0.29) is 18.3 Å². The summed E-state index contributed by atoms with van der Waals surface area (Å²) in [6, 6.07) is 0. The van der Waals surface area contributed by atoms with Crippen LogP contribution in [0.25, 0.3) is 0 Å². The van der Waals surface area contributed by atoms with Crippen LogP contribution in [0.4, 0.5) is 0 Å². The van der Waals surface area contributed by atoms with Crippen molar-refractivity contribution in [2.45, 2.75) is 31.7 Å². The summed E-state index contributed by atoms with van der Waals surface area (Å²) >= 11 is 0. The molecule has 3 nitrogen and oxygen atoms in total. The predicted octanol–water partition coefficient (Wildman–Crippen LogP) is -0.276. The van der Waals surface area contributed by atoms with E-state index < -0.39 is 0 Å². The van der Waals surface area contributed by atoms with Gasteiger partial charge >= 0.3 is 0 Å². The Morgan fingerprint density at radius 3 is 2.89 bits per heavy atom. The lowest BCUT2D eigenvalue weighted by atomic mass is 10.2.